The number of thioether (sulfide) groups is 1. The first-order chi connectivity index (χ1) is 15.5. The largest absolute Gasteiger partial charge is 0.497 e. The van der Waals surface area contributed by atoms with Crippen LogP contribution in [0, 0.1) is 12.8 Å². The number of hydrogen-bond acceptors (Lipinski definition) is 5. The van der Waals surface area contributed by atoms with Gasteiger partial charge in [-0.3, -0.25) is 9.59 Å². The van der Waals surface area contributed by atoms with Crippen molar-refractivity contribution in [2.75, 3.05) is 23.9 Å². The second-order valence-electron chi connectivity index (χ2n) is 8.11. The number of rotatable bonds is 5. The maximum Gasteiger partial charge on any atom is 0.230 e. The quantitative estimate of drug-likeness (QED) is 0.640. The fraction of sp³-hybridized carbons (Fsp3) is 0.292. The van der Waals surface area contributed by atoms with Gasteiger partial charge in [-0.2, -0.15) is 16.9 Å². The number of fused-ring (bicyclic) bond motifs is 1. The number of aromatic nitrogens is 2. The van der Waals surface area contributed by atoms with Crippen molar-refractivity contribution in [3.8, 4) is 11.4 Å². The first-order valence-electron chi connectivity index (χ1n) is 10.5. The minimum Gasteiger partial charge on any atom is -0.497 e. The van der Waals surface area contributed by atoms with E-state index in [4.69, 9.17) is 9.84 Å². The Bertz CT molecular complexity index is 1170. The minimum absolute atomic E-state index is 0.0292. The van der Waals surface area contributed by atoms with E-state index >= 15 is 0 Å². The number of amides is 2. The molecular formula is C24H24N4O3S. The van der Waals surface area contributed by atoms with Crippen molar-refractivity contribution in [1.29, 1.82) is 0 Å². The van der Waals surface area contributed by atoms with Crippen LogP contribution in [0.25, 0.3) is 5.69 Å². The second-order valence-corrected chi connectivity index (χ2v) is 9.09. The lowest BCUT2D eigenvalue weighted by molar-refractivity contribution is -0.122. The van der Waals surface area contributed by atoms with Gasteiger partial charge in [0.15, 0.2) is 0 Å². The monoisotopic (exact) mass is 448 g/mol. The van der Waals surface area contributed by atoms with Gasteiger partial charge >= 0.3 is 0 Å². The number of aryl methyl sites for hydroxylation is 1. The first kappa shape index (κ1) is 20.6. The average Bonchev–Trinajstić information content (AvgIpc) is 3.50. The van der Waals surface area contributed by atoms with Crippen LogP contribution in [0.15, 0.2) is 48.5 Å². The van der Waals surface area contributed by atoms with Crippen LogP contribution < -0.4 is 15.0 Å². The van der Waals surface area contributed by atoms with Gasteiger partial charge in [-0.1, -0.05) is 17.7 Å². The summed E-state index contributed by atoms with van der Waals surface area (Å²) in [6.45, 7) is 2.38. The second kappa shape index (κ2) is 8.35. The zero-order valence-electron chi connectivity index (χ0n) is 18.0. The average molecular weight is 449 g/mol. The standard InChI is InChI=1S/C24H24N4O3S/c1-15-3-5-17(6-4-15)27-12-16(11-22(27)29)24(30)25-23-20-13-32-14-21(20)26-28(23)18-7-9-19(31-2)10-8-18/h3-10,16H,11-14H2,1-2H3,(H,25,30). The minimum atomic E-state index is -0.410. The molecule has 2 aliphatic heterocycles. The summed E-state index contributed by atoms with van der Waals surface area (Å²) in [5.74, 6) is 2.50. The molecule has 3 heterocycles. The highest BCUT2D eigenvalue weighted by Crippen LogP contribution is 2.37. The summed E-state index contributed by atoms with van der Waals surface area (Å²) in [5.41, 5.74) is 4.86. The number of benzene rings is 2. The zero-order valence-corrected chi connectivity index (χ0v) is 18.8. The molecule has 2 aromatic carbocycles. The number of anilines is 2. The number of ether oxygens (including phenoxy) is 1. The molecule has 8 heteroatoms. The number of carbonyl (C=O) groups is 2. The maximum absolute atomic E-state index is 13.2. The van der Waals surface area contributed by atoms with Crippen molar-refractivity contribution >= 4 is 35.1 Å². The van der Waals surface area contributed by atoms with E-state index in [1.165, 1.54) is 0 Å². The van der Waals surface area contributed by atoms with E-state index in [0.29, 0.717) is 12.4 Å². The molecule has 1 unspecified atom stereocenters. The van der Waals surface area contributed by atoms with E-state index in [1.807, 2.05) is 55.5 Å². The van der Waals surface area contributed by atoms with E-state index in [1.54, 1.807) is 28.5 Å². The maximum atomic E-state index is 13.2. The molecule has 1 atom stereocenters. The summed E-state index contributed by atoms with van der Waals surface area (Å²) in [5, 5.41) is 7.84. The Morgan fingerprint density at radius 2 is 1.81 bits per heavy atom. The number of nitrogens with zero attached hydrogens (tertiary/aromatic N) is 3. The van der Waals surface area contributed by atoms with Crippen molar-refractivity contribution in [2.24, 2.45) is 5.92 Å². The van der Waals surface area contributed by atoms with Gasteiger partial charge in [-0.05, 0) is 43.3 Å². The molecule has 1 N–H and O–H groups in total. The van der Waals surface area contributed by atoms with Gasteiger partial charge in [0.2, 0.25) is 11.8 Å². The summed E-state index contributed by atoms with van der Waals surface area (Å²) in [4.78, 5) is 27.5. The van der Waals surface area contributed by atoms with E-state index in [2.05, 4.69) is 5.32 Å². The normalized spacial score (nSPS) is 17.5. The van der Waals surface area contributed by atoms with Crippen molar-refractivity contribution in [2.45, 2.75) is 24.9 Å². The summed E-state index contributed by atoms with van der Waals surface area (Å²) >= 11 is 1.78. The van der Waals surface area contributed by atoms with Crippen LogP contribution in [-0.4, -0.2) is 35.2 Å². The molecule has 5 rings (SSSR count). The van der Waals surface area contributed by atoms with Gasteiger partial charge in [0, 0.05) is 35.7 Å². The van der Waals surface area contributed by atoms with Crippen LogP contribution >= 0.6 is 11.8 Å². The van der Waals surface area contributed by atoms with Crippen LogP contribution in [0.3, 0.4) is 0 Å². The third-order valence-corrected chi connectivity index (χ3v) is 6.92. The third-order valence-electron chi connectivity index (χ3n) is 5.95. The van der Waals surface area contributed by atoms with E-state index in [9.17, 15) is 9.59 Å². The van der Waals surface area contributed by atoms with Crippen LogP contribution in [0.2, 0.25) is 0 Å². The van der Waals surface area contributed by atoms with E-state index in [-0.39, 0.29) is 18.2 Å². The van der Waals surface area contributed by atoms with E-state index in [0.717, 1.165) is 45.5 Å². The summed E-state index contributed by atoms with van der Waals surface area (Å²) < 4.78 is 7.04. The molecule has 2 aliphatic rings. The molecule has 2 amide bonds. The van der Waals surface area contributed by atoms with E-state index < -0.39 is 5.92 Å². The molecule has 1 aromatic heterocycles. The Balaban J connectivity index is 1.38. The first-order valence-corrected chi connectivity index (χ1v) is 11.7. The Morgan fingerprint density at radius 1 is 1.09 bits per heavy atom. The number of hydrogen-bond donors (Lipinski definition) is 1. The Kier molecular flexibility index (Phi) is 5.38. The number of carbonyl (C=O) groups excluding carboxylic acids is 2. The fourth-order valence-corrected chi connectivity index (χ4v) is 5.16. The predicted molar refractivity (Wildman–Crippen MR) is 125 cm³/mol. The topological polar surface area (TPSA) is 76.5 Å². The van der Waals surface area contributed by atoms with Crippen LogP contribution in [0.5, 0.6) is 5.75 Å². The van der Waals surface area contributed by atoms with Crippen molar-refractivity contribution in [3.63, 3.8) is 0 Å². The molecule has 164 valence electrons. The van der Waals surface area contributed by atoms with Crippen LogP contribution in [-0.2, 0) is 21.1 Å². The Morgan fingerprint density at radius 3 is 2.53 bits per heavy atom. The lowest BCUT2D eigenvalue weighted by Gasteiger charge is -2.17. The number of nitrogens with one attached hydrogen (secondary N) is 1. The molecule has 7 nitrogen and oxygen atoms in total. The SMILES string of the molecule is COc1ccc(-n2nc3c(c2NC(=O)C2CC(=O)N(c4ccc(C)cc4)C2)CSC3)cc1. The van der Waals surface area contributed by atoms with Crippen LogP contribution in [0.4, 0.5) is 11.5 Å². The van der Waals surface area contributed by atoms with Gasteiger partial charge in [0.25, 0.3) is 0 Å². The van der Waals surface area contributed by atoms with Gasteiger partial charge in [0.1, 0.15) is 11.6 Å². The molecule has 1 saturated heterocycles. The molecule has 0 radical (unpaired) electrons. The predicted octanol–water partition coefficient (Wildman–Crippen LogP) is 3.93. The number of methoxy groups -OCH3 is 1. The van der Waals surface area contributed by atoms with Gasteiger partial charge in [-0.15, -0.1) is 0 Å². The Labute approximate surface area is 190 Å². The molecule has 32 heavy (non-hydrogen) atoms. The van der Waals surface area contributed by atoms with Gasteiger partial charge < -0.3 is 15.0 Å². The smallest absolute Gasteiger partial charge is 0.230 e. The third kappa shape index (κ3) is 3.75. The highest BCUT2D eigenvalue weighted by Gasteiger charge is 2.36. The fourth-order valence-electron chi connectivity index (χ4n) is 4.13. The zero-order chi connectivity index (χ0) is 22.2. The van der Waals surface area contributed by atoms with Gasteiger partial charge in [-0.25, -0.2) is 4.68 Å². The molecule has 0 aliphatic carbocycles. The van der Waals surface area contributed by atoms with Crippen molar-refractivity contribution in [3.05, 3.63) is 65.4 Å². The summed E-state index contributed by atoms with van der Waals surface area (Å²) in [6, 6.07) is 15.4. The Hall–Kier alpha value is -3.26. The van der Waals surface area contributed by atoms with Crippen molar-refractivity contribution < 1.29 is 14.3 Å². The highest BCUT2D eigenvalue weighted by molar-refractivity contribution is 7.98. The molecule has 3 aromatic rings. The summed E-state index contributed by atoms with van der Waals surface area (Å²) in [6.07, 6.45) is 0.202. The molecule has 0 spiro atoms. The lowest BCUT2D eigenvalue weighted by Crippen LogP contribution is -2.28. The van der Waals surface area contributed by atoms with Crippen LogP contribution in [0.1, 0.15) is 23.2 Å². The van der Waals surface area contributed by atoms with Gasteiger partial charge in [0.05, 0.1) is 24.4 Å². The summed E-state index contributed by atoms with van der Waals surface area (Å²) in [7, 11) is 1.63. The molecule has 0 bridgehead atoms. The molecule has 1 fully saturated rings. The molecular weight excluding hydrogens is 424 g/mol. The lowest BCUT2D eigenvalue weighted by atomic mass is 10.1. The molecule has 0 saturated carbocycles. The van der Waals surface area contributed by atoms with Crippen molar-refractivity contribution in [1.82, 2.24) is 9.78 Å². The highest BCUT2D eigenvalue weighted by atomic mass is 32.2.